The van der Waals surface area contributed by atoms with Crippen molar-refractivity contribution >= 4 is 23.9 Å². The van der Waals surface area contributed by atoms with E-state index in [1.54, 1.807) is 30.3 Å². The number of fused-ring (bicyclic) bond motifs is 5. The van der Waals surface area contributed by atoms with E-state index in [9.17, 15) is 24.3 Å². The number of carboxylic acids is 1. The van der Waals surface area contributed by atoms with Gasteiger partial charge in [-0.1, -0.05) is 42.5 Å². The zero-order valence-electron chi connectivity index (χ0n) is 14.3. The zero-order valence-corrected chi connectivity index (χ0v) is 14.3. The van der Waals surface area contributed by atoms with Gasteiger partial charge in [-0.3, -0.25) is 9.59 Å². The van der Waals surface area contributed by atoms with Gasteiger partial charge in [-0.15, -0.1) is 5.06 Å². The first-order valence-electron chi connectivity index (χ1n) is 8.77. The molecule has 2 aliphatic carbocycles. The number of amides is 3. The zero-order chi connectivity index (χ0) is 19.1. The van der Waals surface area contributed by atoms with Gasteiger partial charge >= 0.3 is 12.1 Å². The van der Waals surface area contributed by atoms with Crippen molar-refractivity contribution in [1.82, 2.24) is 10.4 Å². The summed E-state index contributed by atoms with van der Waals surface area (Å²) in [5, 5.41) is 12.0. The van der Waals surface area contributed by atoms with Crippen molar-refractivity contribution < 1.29 is 29.1 Å². The number of carbonyl (C=O) groups is 4. The smallest absolute Gasteiger partial charge is 0.432 e. The number of carboxylic acid groups (broad SMARTS) is 1. The van der Waals surface area contributed by atoms with Crippen molar-refractivity contribution in [3.05, 3.63) is 48.0 Å². The number of nitrogens with one attached hydrogen (secondary N) is 1. The van der Waals surface area contributed by atoms with Crippen LogP contribution in [-0.4, -0.2) is 40.1 Å². The van der Waals surface area contributed by atoms with Crippen LogP contribution >= 0.6 is 0 Å². The van der Waals surface area contributed by atoms with E-state index < -0.39 is 41.8 Å². The van der Waals surface area contributed by atoms with Crippen LogP contribution in [0.3, 0.4) is 0 Å². The third-order valence-corrected chi connectivity index (χ3v) is 5.48. The number of hydrogen-bond donors (Lipinski definition) is 2. The Morgan fingerprint density at radius 3 is 2.26 bits per heavy atom. The Morgan fingerprint density at radius 1 is 1.11 bits per heavy atom. The third kappa shape index (κ3) is 2.97. The topological polar surface area (TPSA) is 113 Å². The van der Waals surface area contributed by atoms with Crippen molar-refractivity contribution in [2.75, 3.05) is 0 Å². The second-order valence-electron chi connectivity index (χ2n) is 7.07. The van der Waals surface area contributed by atoms with Gasteiger partial charge in [0, 0.05) is 6.42 Å². The SMILES string of the molecule is O=C(N[C@@H](Cc1ccccc1)C(=O)O)ON1C(=O)C2C3C=CC(C3)C2C1=O. The summed E-state index contributed by atoms with van der Waals surface area (Å²) in [6.07, 6.45) is 3.54. The summed E-state index contributed by atoms with van der Waals surface area (Å²) in [6, 6.07) is 7.54. The Bertz CT molecular complexity index is 806. The Hall–Kier alpha value is -3.16. The van der Waals surface area contributed by atoms with Crippen LogP contribution in [0.1, 0.15) is 12.0 Å². The molecule has 1 saturated carbocycles. The molecule has 2 fully saturated rings. The fraction of sp³-hybridized carbons (Fsp3) is 0.368. The van der Waals surface area contributed by atoms with Crippen LogP contribution in [0.5, 0.6) is 0 Å². The average Bonchev–Trinajstić information content (AvgIpc) is 3.32. The number of allylic oxidation sites excluding steroid dienone is 2. The minimum absolute atomic E-state index is 0.00189. The van der Waals surface area contributed by atoms with Crippen LogP contribution in [0.2, 0.25) is 0 Å². The monoisotopic (exact) mass is 370 g/mol. The summed E-state index contributed by atoms with van der Waals surface area (Å²) >= 11 is 0. The second-order valence-corrected chi connectivity index (χ2v) is 7.07. The lowest BCUT2D eigenvalue weighted by Crippen LogP contribution is -2.46. The molecule has 1 saturated heterocycles. The van der Waals surface area contributed by atoms with Crippen molar-refractivity contribution in [2.45, 2.75) is 18.9 Å². The predicted molar refractivity (Wildman–Crippen MR) is 90.8 cm³/mol. The van der Waals surface area contributed by atoms with Gasteiger partial charge in [0.25, 0.3) is 11.8 Å². The molecule has 0 aromatic heterocycles. The lowest BCUT2D eigenvalue weighted by Gasteiger charge is -2.18. The number of aliphatic carboxylic acids is 1. The standard InChI is InChI=1S/C19H18N2O6/c22-16-14-11-6-7-12(9-11)15(14)17(23)21(16)27-19(26)20-13(18(24)25)8-10-4-2-1-3-5-10/h1-7,11-15H,8-9H2,(H,20,26)(H,24,25)/t11?,12?,13-,14?,15?/m0/s1. The minimum atomic E-state index is -1.25. The Labute approximate surface area is 154 Å². The van der Waals surface area contributed by atoms with Crippen LogP contribution in [0.25, 0.3) is 0 Å². The van der Waals surface area contributed by atoms with E-state index in [-0.39, 0.29) is 18.3 Å². The molecule has 140 valence electrons. The summed E-state index contributed by atoms with van der Waals surface area (Å²) < 4.78 is 0. The molecule has 4 rings (SSSR count). The van der Waals surface area contributed by atoms with E-state index in [4.69, 9.17) is 4.84 Å². The maximum Gasteiger partial charge on any atom is 0.432 e. The molecular weight excluding hydrogens is 352 g/mol. The predicted octanol–water partition coefficient (Wildman–Crippen LogP) is 1.13. The molecule has 1 aromatic carbocycles. The van der Waals surface area contributed by atoms with E-state index in [1.165, 1.54) is 0 Å². The van der Waals surface area contributed by atoms with Gasteiger partial charge in [0.2, 0.25) is 0 Å². The van der Waals surface area contributed by atoms with Crippen LogP contribution in [0, 0.1) is 23.7 Å². The number of rotatable bonds is 5. The maximum atomic E-state index is 12.5. The molecule has 2 bridgehead atoms. The van der Waals surface area contributed by atoms with Gasteiger partial charge in [-0.2, -0.15) is 0 Å². The summed E-state index contributed by atoms with van der Waals surface area (Å²) in [6.45, 7) is 0. The molecule has 1 heterocycles. The molecule has 0 radical (unpaired) electrons. The van der Waals surface area contributed by atoms with Gasteiger partial charge in [0.05, 0.1) is 11.8 Å². The molecular formula is C19H18N2O6. The molecule has 4 unspecified atom stereocenters. The summed E-state index contributed by atoms with van der Waals surface area (Å²) in [5.74, 6) is -3.29. The van der Waals surface area contributed by atoms with Crippen LogP contribution in [-0.2, 0) is 25.6 Å². The molecule has 2 N–H and O–H groups in total. The van der Waals surface area contributed by atoms with Crippen molar-refractivity contribution in [3.63, 3.8) is 0 Å². The normalized spacial score (nSPS) is 29.0. The summed E-state index contributed by atoms with van der Waals surface area (Å²) in [4.78, 5) is 53.4. The summed E-state index contributed by atoms with van der Waals surface area (Å²) in [7, 11) is 0. The highest BCUT2D eigenvalue weighted by Gasteiger charge is 2.60. The fourth-order valence-corrected chi connectivity index (χ4v) is 4.27. The Kier molecular flexibility index (Phi) is 4.18. The Morgan fingerprint density at radius 2 is 1.70 bits per heavy atom. The Balaban J connectivity index is 1.41. The van der Waals surface area contributed by atoms with Gasteiger partial charge < -0.3 is 15.3 Å². The van der Waals surface area contributed by atoms with Crippen molar-refractivity contribution in [2.24, 2.45) is 23.7 Å². The van der Waals surface area contributed by atoms with Crippen LogP contribution in [0.4, 0.5) is 4.79 Å². The molecule has 8 heteroatoms. The van der Waals surface area contributed by atoms with Gasteiger partial charge in [0.1, 0.15) is 6.04 Å². The molecule has 8 nitrogen and oxygen atoms in total. The van der Waals surface area contributed by atoms with Crippen LogP contribution in [0.15, 0.2) is 42.5 Å². The van der Waals surface area contributed by atoms with Gasteiger partial charge in [-0.25, -0.2) is 9.59 Å². The lowest BCUT2D eigenvalue weighted by molar-refractivity contribution is -0.174. The number of imide groups is 1. The molecule has 3 amide bonds. The largest absolute Gasteiger partial charge is 0.480 e. The van der Waals surface area contributed by atoms with Crippen molar-refractivity contribution in [3.8, 4) is 0 Å². The number of carbonyl (C=O) groups excluding carboxylic acids is 3. The highest BCUT2D eigenvalue weighted by Crippen LogP contribution is 2.52. The highest BCUT2D eigenvalue weighted by atomic mass is 16.7. The first kappa shape index (κ1) is 17.3. The number of nitrogens with zero attached hydrogens (tertiary/aromatic N) is 1. The van der Waals surface area contributed by atoms with E-state index in [1.807, 2.05) is 12.2 Å². The number of hydrogen-bond acceptors (Lipinski definition) is 5. The molecule has 1 aliphatic heterocycles. The lowest BCUT2D eigenvalue weighted by atomic mass is 9.85. The van der Waals surface area contributed by atoms with E-state index >= 15 is 0 Å². The molecule has 5 atom stereocenters. The number of hydroxylamine groups is 2. The van der Waals surface area contributed by atoms with Gasteiger partial charge in [-0.05, 0) is 23.8 Å². The fourth-order valence-electron chi connectivity index (χ4n) is 4.27. The first-order chi connectivity index (χ1) is 13.0. The summed E-state index contributed by atoms with van der Waals surface area (Å²) in [5.41, 5.74) is 0.718. The van der Waals surface area contributed by atoms with Crippen molar-refractivity contribution in [1.29, 1.82) is 0 Å². The molecule has 27 heavy (non-hydrogen) atoms. The average molecular weight is 370 g/mol. The van der Waals surface area contributed by atoms with E-state index in [2.05, 4.69) is 5.32 Å². The second kappa shape index (κ2) is 6.53. The quantitative estimate of drug-likeness (QED) is 0.593. The maximum absolute atomic E-state index is 12.5. The molecule has 1 aromatic rings. The molecule has 0 spiro atoms. The highest BCUT2D eigenvalue weighted by molar-refractivity contribution is 6.06. The minimum Gasteiger partial charge on any atom is -0.480 e. The number of benzene rings is 1. The first-order valence-corrected chi connectivity index (χ1v) is 8.77. The van der Waals surface area contributed by atoms with E-state index in [0.29, 0.717) is 5.06 Å². The van der Waals surface area contributed by atoms with E-state index in [0.717, 1.165) is 12.0 Å². The van der Waals surface area contributed by atoms with Crippen LogP contribution < -0.4 is 5.32 Å². The third-order valence-electron chi connectivity index (χ3n) is 5.48. The van der Waals surface area contributed by atoms with Gasteiger partial charge in [0.15, 0.2) is 0 Å². The molecule has 3 aliphatic rings.